The van der Waals surface area contributed by atoms with Gasteiger partial charge in [0.2, 0.25) is 5.76 Å². The third-order valence-electron chi connectivity index (χ3n) is 5.64. The van der Waals surface area contributed by atoms with E-state index in [2.05, 4.69) is 26.0 Å². The Labute approximate surface area is 158 Å². The molecule has 1 aliphatic rings. The number of nitrogens with zero attached hydrogens (tertiary/aromatic N) is 1. The van der Waals surface area contributed by atoms with Gasteiger partial charge in [-0.05, 0) is 54.2 Å². The topological polar surface area (TPSA) is 50.5 Å². The highest BCUT2D eigenvalue weighted by Gasteiger charge is 2.40. The van der Waals surface area contributed by atoms with Gasteiger partial charge in [-0.2, -0.15) is 0 Å². The fourth-order valence-electron chi connectivity index (χ4n) is 3.80. The molecule has 4 nitrogen and oxygen atoms in total. The molecule has 2 aromatic carbocycles. The van der Waals surface area contributed by atoms with Crippen molar-refractivity contribution in [2.75, 3.05) is 7.05 Å². The second-order valence-corrected chi connectivity index (χ2v) is 7.75. The second-order valence-electron chi connectivity index (χ2n) is 7.75. The first-order chi connectivity index (χ1) is 12.8. The monoisotopic (exact) mass is 361 g/mol. The maximum absolute atomic E-state index is 13.3. The van der Waals surface area contributed by atoms with Crippen molar-refractivity contribution in [2.45, 2.75) is 39.7 Å². The number of benzene rings is 2. The van der Waals surface area contributed by atoms with Crippen molar-refractivity contribution in [3.63, 3.8) is 0 Å². The fourth-order valence-corrected chi connectivity index (χ4v) is 3.80. The van der Waals surface area contributed by atoms with Crippen molar-refractivity contribution < 1.29 is 9.21 Å². The van der Waals surface area contributed by atoms with Crippen molar-refractivity contribution in [1.29, 1.82) is 0 Å². The minimum absolute atomic E-state index is 0.120. The van der Waals surface area contributed by atoms with E-state index in [0.717, 1.165) is 16.7 Å². The zero-order valence-electron chi connectivity index (χ0n) is 16.3. The molecule has 0 spiro atoms. The van der Waals surface area contributed by atoms with Crippen LogP contribution in [0.15, 0.2) is 45.6 Å². The van der Waals surface area contributed by atoms with E-state index in [1.54, 1.807) is 11.9 Å². The molecule has 27 heavy (non-hydrogen) atoms. The van der Waals surface area contributed by atoms with Gasteiger partial charge in [0.15, 0.2) is 5.43 Å². The number of aryl methyl sites for hydroxylation is 2. The maximum Gasteiger partial charge on any atom is 0.290 e. The minimum Gasteiger partial charge on any atom is -0.450 e. The van der Waals surface area contributed by atoms with E-state index in [0.29, 0.717) is 22.5 Å². The standard InChI is InChI=1S/C23H23NO3/c1-12(2)15-6-8-16(9-7-15)20-19-21(25)17-10-13(3)14(4)11-18(17)27-22(19)23(26)24(20)5/h6-12,20H,1-5H3/t20-/m1/s1. The molecule has 0 fully saturated rings. The summed E-state index contributed by atoms with van der Waals surface area (Å²) in [5, 5.41) is 0.531. The van der Waals surface area contributed by atoms with Crippen LogP contribution in [0.25, 0.3) is 11.0 Å². The molecule has 0 unspecified atom stereocenters. The lowest BCUT2D eigenvalue weighted by atomic mass is 9.95. The molecule has 0 aliphatic carbocycles. The minimum atomic E-state index is -0.420. The zero-order chi connectivity index (χ0) is 19.5. The lowest BCUT2D eigenvalue weighted by Gasteiger charge is -2.21. The molecule has 1 atom stereocenters. The summed E-state index contributed by atoms with van der Waals surface area (Å²) in [5.41, 5.74) is 5.00. The molecule has 0 saturated carbocycles. The Morgan fingerprint density at radius 1 is 1.00 bits per heavy atom. The van der Waals surface area contributed by atoms with E-state index in [1.165, 1.54) is 5.56 Å². The van der Waals surface area contributed by atoms with Gasteiger partial charge in [0.25, 0.3) is 5.91 Å². The van der Waals surface area contributed by atoms with Gasteiger partial charge in [-0.15, -0.1) is 0 Å². The molecule has 4 rings (SSSR count). The van der Waals surface area contributed by atoms with Crippen LogP contribution in [0.5, 0.6) is 0 Å². The van der Waals surface area contributed by atoms with Crippen molar-refractivity contribution in [3.8, 4) is 0 Å². The number of hydrogen-bond acceptors (Lipinski definition) is 3. The second kappa shape index (κ2) is 6.08. The summed E-state index contributed by atoms with van der Waals surface area (Å²) in [4.78, 5) is 27.7. The van der Waals surface area contributed by atoms with E-state index in [9.17, 15) is 9.59 Å². The molecule has 3 aromatic rings. The predicted molar refractivity (Wildman–Crippen MR) is 106 cm³/mol. The van der Waals surface area contributed by atoms with Gasteiger partial charge in [-0.1, -0.05) is 38.1 Å². The normalized spacial score (nSPS) is 16.4. The van der Waals surface area contributed by atoms with E-state index in [-0.39, 0.29) is 17.1 Å². The molecule has 4 heteroatoms. The van der Waals surface area contributed by atoms with E-state index in [4.69, 9.17) is 4.42 Å². The fraction of sp³-hybridized carbons (Fsp3) is 0.304. The quantitative estimate of drug-likeness (QED) is 0.664. The lowest BCUT2D eigenvalue weighted by molar-refractivity contribution is 0.0771. The molecule has 0 radical (unpaired) electrons. The van der Waals surface area contributed by atoms with Crippen molar-refractivity contribution >= 4 is 16.9 Å². The van der Waals surface area contributed by atoms with Gasteiger partial charge >= 0.3 is 0 Å². The van der Waals surface area contributed by atoms with Crippen LogP contribution in [0.4, 0.5) is 0 Å². The van der Waals surface area contributed by atoms with E-state index in [1.807, 2.05) is 38.1 Å². The van der Waals surface area contributed by atoms with E-state index < -0.39 is 6.04 Å². The maximum atomic E-state index is 13.3. The Balaban J connectivity index is 1.95. The number of fused-ring (bicyclic) bond motifs is 2. The summed E-state index contributed by atoms with van der Waals surface area (Å²) in [6.45, 7) is 8.22. The van der Waals surface area contributed by atoms with Crippen LogP contribution >= 0.6 is 0 Å². The van der Waals surface area contributed by atoms with E-state index >= 15 is 0 Å². The summed E-state index contributed by atoms with van der Waals surface area (Å²) in [6.07, 6.45) is 0. The Morgan fingerprint density at radius 3 is 2.26 bits per heavy atom. The molecule has 1 aliphatic heterocycles. The summed E-state index contributed by atoms with van der Waals surface area (Å²) >= 11 is 0. The lowest BCUT2D eigenvalue weighted by Crippen LogP contribution is -2.25. The molecule has 0 N–H and O–H groups in total. The summed E-state index contributed by atoms with van der Waals surface area (Å²) in [5.74, 6) is 0.339. The van der Waals surface area contributed by atoms with Crippen LogP contribution in [0.1, 0.15) is 64.2 Å². The number of carbonyl (C=O) groups excluding carboxylic acids is 1. The molecule has 0 saturated heterocycles. The molecule has 1 amide bonds. The third-order valence-corrected chi connectivity index (χ3v) is 5.64. The highest BCUT2D eigenvalue weighted by molar-refractivity contribution is 5.99. The molecular weight excluding hydrogens is 338 g/mol. The molecule has 1 aromatic heterocycles. The largest absolute Gasteiger partial charge is 0.450 e. The van der Waals surface area contributed by atoms with Crippen LogP contribution < -0.4 is 5.43 Å². The number of rotatable bonds is 2. The van der Waals surface area contributed by atoms with Crippen LogP contribution in [0.3, 0.4) is 0 Å². The van der Waals surface area contributed by atoms with Crippen LogP contribution in [0, 0.1) is 13.8 Å². The summed E-state index contributed by atoms with van der Waals surface area (Å²) < 4.78 is 5.93. The van der Waals surface area contributed by atoms with Gasteiger partial charge in [0, 0.05) is 7.05 Å². The first-order valence-electron chi connectivity index (χ1n) is 9.24. The van der Waals surface area contributed by atoms with Gasteiger partial charge in [0.1, 0.15) is 5.58 Å². The van der Waals surface area contributed by atoms with Crippen molar-refractivity contribution in [1.82, 2.24) is 4.90 Å². The highest BCUT2D eigenvalue weighted by Crippen LogP contribution is 2.37. The average molecular weight is 361 g/mol. The number of hydrogen-bond donors (Lipinski definition) is 0. The van der Waals surface area contributed by atoms with Crippen molar-refractivity contribution in [2.24, 2.45) is 0 Å². The molecular formula is C23H23NO3. The van der Waals surface area contributed by atoms with Gasteiger partial charge in [0.05, 0.1) is 17.0 Å². The van der Waals surface area contributed by atoms with Gasteiger partial charge in [-0.3, -0.25) is 9.59 Å². The Bertz CT molecular complexity index is 1120. The third kappa shape index (κ3) is 2.59. The highest BCUT2D eigenvalue weighted by atomic mass is 16.3. The summed E-state index contributed by atoms with van der Waals surface area (Å²) in [7, 11) is 1.72. The predicted octanol–water partition coefficient (Wildman–Crippen LogP) is 4.71. The molecule has 2 heterocycles. The first-order valence-corrected chi connectivity index (χ1v) is 9.24. The molecule has 138 valence electrons. The Kier molecular flexibility index (Phi) is 3.95. The number of carbonyl (C=O) groups is 1. The number of amides is 1. The first kappa shape index (κ1) is 17.5. The smallest absolute Gasteiger partial charge is 0.290 e. The molecule has 0 bridgehead atoms. The SMILES string of the molecule is Cc1cc2oc3c(c(=O)c2cc1C)[C@@H](c1ccc(C(C)C)cc1)N(C)C3=O. The Hall–Kier alpha value is -2.88. The van der Waals surface area contributed by atoms with Crippen molar-refractivity contribution in [3.05, 3.63) is 80.2 Å². The van der Waals surface area contributed by atoms with Crippen LogP contribution in [-0.4, -0.2) is 17.9 Å². The van der Waals surface area contributed by atoms with Gasteiger partial charge in [-0.25, -0.2) is 0 Å². The van der Waals surface area contributed by atoms with Gasteiger partial charge < -0.3 is 9.32 Å². The summed E-state index contributed by atoms with van der Waals surface area (Å²) in [6, 6.07) is 11.4. The van der Waals surface area contributed by atoms with Crippen LogP contribution in [-0.2, 0) is 0 Å². The Morgan fingerprint density at radius 2 is 1.63 bits per heavy atom. The zero-order valence-corrected chi connectivity index (χ0v) is 16.3. The average Bonchev–Trinajstić information content (AvgIpc) is 2.89. The van der Waals surface area contributed by atoms with Crippen LogP contribution in [0.2, 0.25) is 0 Å².